The van der Waals surface area contributed by atoms with Crippen LogP contribution in [0, 0.1) is 20.2 Å². The summed E-state index contributed by atoms with van der Waals surface area (Å²) in [5.74, 6) is 0. The van der Waals surface area contributed by atoms with Gasteiger partial charge in [-0.15, -0.1) is 0 Å². The van der Waals surface area contributed by atoms with Crippen LogP contribution in [-0.2, 0) is 19.7 Å². The van der Waals surface area contributed by atoms with Crippen LogP contribution >= 0.6 is 0 Å². The van der Waals surface area contributed by atoms with Gasteiger partial charge in [0.25, 0.3) is 11.4 Å². The fourth-order valence-electron chi connectivity index (χ4n) is 3.29. The van der Waals surface area contributed by atoms with Crippen molar-refractivity contribution in [2.24, 2.45) is 0 Å². The summed E-state index contributed by atoms with van der Waals surface area (Å²) in [6.45, 7) is 0. The van der Waals surface area contributed by atoms with Gasteiger partial charge < -0.3 is 0 Å². The van der Waals surface area contributed by atoms with Crippen LogP contribution in [-0.4, -0.2) is 36.9 Å². The van der Waals surface area contributed by atoms with Gasteiger partial charge in [0, 0.05) is 17.5 Å². The number of nitro groups is 2. The summed E-state index contributed by atoms with van der Waals surface area (Å²) in [6.07, 6.45) is 1.14. The number of hydrogen-bond donors (Lipinski definition) is 1. The highest BCUT2D eigenvalue weighted by Gasteiger charge is 2.33. The number of nitrogens with one attached hydrogen (secondary N) is 1. The first kappa shape index (κ1) is 22.0. The number of aromatic nitrogens is 2. The Hall–Kier alpha value is -4.17. The highest BCUT2D eigenvalue weighted by molar-refractivity contribution is 7.92. The van der Waals surface area contributed by atoms with Crippen LogP contribution in [0.3, 0.4) is 0 Å². The number of para-hydroxylation sites is 2. The molecule has 0 saturated heterocycles. The Kier molecular flexibility index (Phi) is 5.18. The average Bonchev–Trinajstić information content (AvgIpc) is 3.27. The van der Waals surface area contributed by atoms with Gasteiger partial charge in [-0.25, -0.2) is 16.8 Å². The van der Waals surface area contributed by atoms with Gasteiger partial charge >= 0.3 is 0 Å². The molecule has 0 amide bonds. The van der Waals surface area contributed by atoms with Crippen LogP contribution < -0.4 is 0 Å². The number of nitro benzene ring substituents is 2. The minimum atomic E-state index is -4.60. The SMILES string of the molecule is O=[N+]([O-])c1ccccc1S(=O)(=O)c1cc(S(=O)(=O)c2ccccc2[N+](=O)[O-])c2cn[nH]c2c1. The molecule has 0 aliphatic carbocycles. The minimum absolute atomic E-state index is 0.00494. The summed E-state index contributed by atoms with van der Waals surface area (Å²) in [6, 6.07) is 11.1. The fraction of sp³-hybridized carbons (Fsp3) is 0. The van der Waals surface area contributed by atoms with Crippen LogP contribution in [0.4, 0.5) is 11.4 Å². The van der Waals surface area contributed by atoms with Gasteiger partial charge in [-0.2, -0.15) is 5.10 Å². The van der Waals surface area contributed by atoms with Crippen molar-refractivity contribution in [2.45, 2.75) is 19.6 Å². The van der Waals surface area contributed by atoms with Crippen LogP contribution in [0.1, 0.15) is 0 Å². The van der Waals surface area contributed by atoms with E-state index in [2.05, 4.69) is 10.2 Å². The zero-order valence-electron chi connectivity index (χ0n) is 16.3. The van der Waals surface area contributed by atoms with E-state index in [0.717, 1.165) is 42.6 Å². The van der Waals surface area contributed by atoms with Crippen molar-refractivity contribution in [1.29, 1.82) is 0 Å². The zero-order valence-corrected chi connectivity index (χ0v) is 17.9. The van der Waals surface area contributed by atoms with Crippen molar-refractivity contribution in [3.8, 4) is 0 Å². The number of fused-ring (bicyclic) bond motifs is 1. The van der Waals surface area contributed by atoms with Gasteiger partial charge in [0.2, 0.25) is 19.7 Å². The Bertz CT molecular complexity index is 1660. The van der Waals surface area contributed by atoms with Crippen molar-refractivity contribution in [1.82, 2.24) is 10.2 Å². The van der Waals surface area contributed by atoms with E-state index in [-0.39, 0.29) is 10.9 Å². The lowest BCUT2D eigenvalue weighted by Crippen LogP contribution is -2.09. The second-order valence-electron chi connectivity index (χ2n) is 6.71. The molecule has 1 heterocycles. The van der Waals surface area contributed by atoms with Crippen molar-refractivity contribution < 1.29 is 26.7 Å². The Morgan fingerprint density at radius 2 is 1.24 bits per heavy atom. The van der Waals surface area contributed by atoms with Crippen LogP contribution in [0.25, 0.3) is 10.9 Å². The zero-order chi connectivity index (χ0) is 24.0. The first-order valence-electron chi connectivity index (χ1n) is 8.99. The molecule has 12 nitrogen and oxygen atoms in total. The average molecular weight is 488 g/mol. The predicted octanol–water partition coefficient (Wildman–Crippen LogP) is 3.04. The van der Waals surface area contributed by atoms with Crippen molar-refractivity contribution in [3.05, 3.63) is 87.1 Å². The molecule has 0 unspecified atom stereocenters. The van der Waals surface area contributed by atoms with Crippen LogP contribution in [0.2, 0.25) is 0 Å². The van der Waals surface area contributed by atoms with Crippen molar-refractivity contribution in [2.75, 3.05) is 0 Å². The van der Waals surface area contributed by atoms with E-state index in [1.54, 1.807) is 0 Å². The maximum absolute atomic E-state index is 13.4. The largest absolute Gasteiger partial charge is 0.288 e. The smallest absolute Gasteiger partial charge is 0.278 e. The molecule has 4 rings (SSSR count). The molecule has 0 fully saturated rings. The van der Waals surface area contributed by atoms with E-state index in [1.807, 2.05) is 0 Å². The summed E-state index contributed by atoms with van der Waals surface area (Å²) in [5.41, 5.74) is -1.38. The number of hydrogen-bond acceptors (Lipinski definition) is 9. The molecule has 0 bridgehead atoms. The van der Waals surface area contributed by atoms with E-state index >= 15 is 0 Å². The van der Waals surface area contributed by atoms with E-state index in [9.17, 15) is 37.1 Å². The van der Waals surface area contributed by atoms with E-state index in [1.165, 1.54) is 24.3 Å². The Morgan fingerprint density at radius 3 is 1.79 bits per heavy atom. The molecule has 0 radical (unpaired) electrons. The molecular weight excluding hydrogens is 476 g/mol. The molecule has 33 heavy (non-hydrogen) atoms. The van der Waals surface area contributed by atoms with Gasteiger partial charge in [0.05, 0.1) is 31.4 Å². The maximum Gasteiger partial charge on any atom is 0.288 e. The summed E-state index contributed by atoms with van der Waals surface area (Å²) >= 11 is 0. The quantitative estimate of drug-likeness (QED) is 0.315. The molecule has 1 N–H and O–H groups in total. The third-order valence-electron chi connectivity index (χ3n) is 4.80. The maximum atomic E-state index is 13.4. The Morgan fingerprint density at radius 1 is 0.727 bits per heavy atom. The van der Waals surface area contributed by atoms with Crippen LogP contribution in [0.5, 0.6) is 0 Å². The molecule has 0 spiro atoms. The van der Waals surface area contributed by atoms with E-state index in [0.29, 0.717) is 0 Å². The second-order valence-corrected chi connectivity index (χ2v) is 10.5. The number of sulfone groups is 2. The topological polar surface area (TPSA) is 183 Å². The van der Waals surface area contributed by atoms with Crippen LogP contribution in [0.15, 0.2) is 86.4 Å². The predicted molar refractivity (Wildman–Crippen MR) is 113 cm³/mol. The van der Waals surface area contributed by atoms with Gasteiger partial charge in [-0.05, 0) is 24.3 Å². The molecule has 1 aromatic heterocycles. The number of H-pyrrole nitrogens is 1. The molecule has 4 aromatic rings. The van der Waals surface area contributed by atoms with Gasteiger partial charge in [0.15, 0.2) is 0 Å². The molecule has 0 atom stereocenters. The summed E-state index contributed by atoms with van der Waals surface area (Å²) < 4.78 is 53.4. The number of nitrogens with zero attached hydrogens (tertiary/aromatic N) is 3. The third kappa shape index (κ3) is 3.60. The Balaban J connectivity index is 2.03. The highest BCUT2D eigenvalue weighted by atomic mass is 32.2. The monoisotopic (exact) mass is 488 g/mol. The van der Waals surface area contributed by atoms with Gasteiger partial charge in [-0.1, -0.05) is 24.3 Å². The fourth-order valence-corrected chi connectivity index (χ4v) is 6.48. The van der Waals surface area contributed by atoms with Crippen molar-refractivity contribution in [3.63, 3.8) is 0 Å². The molecule has 0 saturated carbocycles. The summed E-state index contributed by atoms with van der Waals surface area (Å²) in [5, 5.41) is 28.9. The van der Waals surface area contributed by atoms with Gasteiger partial charge in [0.1, 0.15) is 9.79 Å². The lowest BCUT2D eigenvalue weighted by molar-refractivity contribution is -0.388. The first-order valence-corrected chi connectivity index (χ1v) is 12.0. The minimum Gasteiger partial charge on any atom is -0.278 e. The van der Waals surface area contributed by atoms with Crippen molar-refractivity contribution >= 4 is 42.0 Å². The highest BCUT2D eigenvalue weighted by Crippen LogP contribution is 2.36. The standard InChI is InChI=1S/C19H12N4O8S2/c24-22(25)15-5-1-3-7-17(15)32(28,29)12-9-14-13(11-20-21-14)19(10-12)33(30,31)18-8-4-2-6-16(18)23(26)27/h1-11H,(H,20,21). The van der Waals surface area contributed by atoms with Gasteiger partial charge in [-0.3, -0.25) is 25.3 Å². The lowest BCUT2D eigenvalue weighted by atomic mass is 10.2. The molecule has 3 aromatic carbocycles. The first-order chi connectivity index (χ1) is 15.5. The molecule has 168 valence electrons. The lowest BCUT2D eigenvalue weighted by Gasteiger charge is -2.10. The second kappa shape index (κ2) is 7.75. The number of rotatable bonds is 6. The summed E-state index contributed by atoms with van der Waals surface area (Å²) in [7, 11) is -9.17. The molecular formula is C19H12N4O8S2. The third-order valence-corrected chi connectivity index (χ3v) is 8.42. The van der Waals surface area contributed by atoms with E-state index < -0.39 is 60.5 Å². The Labute approximate surface area is 185 Å². The molecule has 0 aliphatic heterocycles. The summed E-state index contributed by atoms with van der Waals surface area (Å²) in [4.78, 5) is 18.6. The van der Waals surface area contributed by atoms with E-state index in [4.69, 9.17) is 0 Å². The molecule has 0 aliphatic rings. The molecule has 14 heteroatoms. The number of aromatic amines is 1. The number of benzene rings is 3. The normalized spacial score (nSPS) is 12.0.